The van der Waals surface area contributed by atoms with Crippen molar-refractivity contribution < 1.29 is 9.13 Å². The minimum absolute atomic E-state index is 0.238. The molecule has 0 radical (unpaired) electrons. The lowest BCUT2D eigenvalue weighted by Gasteiger charge is -2.10. The Kier molecular flexibility index (Phi) is 5.37. The number of fused-ring (bicyclic) bond motifs is 1. The molecule has 6 heteroatoms. The van der Waals surface area contributed by atoms with Gasteiger partial charge >= 0.3 is 0 Å². The summed E-state index contributed by atoms with van der Waals surface area (Å²) >= 11 is 1.57. The molecule has 0 saturated heterocycles. The number of nitrogens with one attached hydrogen (secondary N) is 1. The Morgan fingerprint density at radius 2 is 2.00 bits per heavy atom. The van der Waals surface area contributed by atoms with E-state index in [4.69, 9.17) is 4.74 Å². The molecule has 0 saturated carbocycles. The van der Waals surface area contributed by atoms with Crippen LogP contribution in [0.1, 0.15) is 20.3 Å². The molecule has 24 heavy (non-hydrogen) atoms. The highest BCUT2D eigenvalue weighted by Crippen LogP contribution is 2.36. The zero-order valence-electron chi connectivity index (χ0n) is 13.8. The zero-order chi connectivity index (χ0) is 16.9. The summed E-state index contributed by atoms with van der Waals surface area (Å²) in [4.78, 5) is 9.65. The average molecular weight is 345 g/mol. The maximum atomic E-state index is 13.2. The molecule has 0 fully saturated rings. The van der Waals surface area contributed by atoms with Crippen molar-refractivity contribution in [2.45, 2.75) is 26.4 Å². The van der Waals surface area contributed by atoms with E-state index in [0.717, 1.165) is 40.1 Å². The molecule has 0 aliphatic rings. The van der Waals surface area contributed by atoms with Gasteiger partial charge in [0.2, 0.25) is 0 Å². The van der Waals surface area contributed by atoms with Crippen LogP contribution in [0.4, 0.5) is 10.2 Å². The van der Waals surface area contributed by atoms with Gasteiger partial charge in [-0.05, 0) is 38.0 Å². The van der Waals surface area contributed by atoms with Crippen LogP contribution >= 0.6 is 11.3 Å². The Bertz CT molecular complexity index is 802. The molecule has 2 heterocycles. The molecule has 0 aliphatic carbocycles. The van der Waals surface area contributed by atoms with Gasteiger partial charge in [0.25, 0.3) is 0 Å². The first-order chi connectivity index (χ1) is 11.6. The fourth-order valence-electron chi connectivity index (χ4n) is 2.45. The molecule has 4 nitrogen and oxygen atoms in total. The fourth-order valence-corrected chi connectivity index (χ4v) is 3.36. The second-order valence-corrected chi connectivity index (χ2v) is 6.62. The quantitative estimate of drug-likeness (QED) is 0.629. The summed E-state index contributed by atoms with van der Waals surface area (Å²) in [6.45, 7) is 5.55. The normalized spacial score (nSPS) is 11.3. The number of halogens is 1. The van der Waals surface area contributed by atoms with E-state index in [1.165, 1.54) is 12.1 Å². The van der Waals surface area contributed by atoms with Crippen molar-refractivity contribution in [2.24, 2.45) is 0 Å². The van der Waals surface area contributed by atoms with Gasteiger partial charge in [-0.3, -0.25) is 0 Å². The number of rotatable bonds is 7. The van der Waals surface area contributed by atoms with Crippen LogP contribution in [0.5, 0.6) is 0 Å². The Balaban J connectivity index is 1.81. The number of ether oxygens (including phenoxy) is 1. The molecule has 0 amide bonds. The van der Waals surface area contributed by atoms with Crippen LogP contribution in [0.2, 0.25) is 0 Å². The molecular weight excluding hydrogens is 325 g/mol. The SMILES string of the molecule is CC(C)OCCCNc1ncnc2scc(-c3ccc(F)cc3)c12. The predicted molar refractivity (Wildman–Crippen MR) is 97.0 cm³/mol. The third-order valence-corrected chi connectivity index (χ3v) is 4.48. The van der Waals surface area contributed by atoms with E-state index in [-0.39, 0.29) is 11.9 Å². The summed E-state index contributed by atoms with van der Waals surface area (Å²) < 4.78 is 18.7. The van der Waals surface area contributed by atoms with Crippen LogP contribution in [0.15, 0.2) is 36.0 Å². The third kappa shape index (κ3) is 3.88. The van der Waals surface area contributed by atoms with E-state index in [1.807, 2.05) is 19.2 Å². The zero-order valence-corrected chi connectivity index (χ0v) is 14.6. The molecule has 3 aromatic rings. The summed E-state index contributed by atoms with van der Waals surface area (Å²) in [5, 5.41) is 6.40. The Hall–Kier alpha value is -2.05. The standard InChI is InChI=1S/C18H20FN3OS/c1-12(2)23-9-3-8-20-17-16-15(10-24-18(16)22-11-21-17)13-4-6-14(19)7-5-13/h4-7,10-12H,3,8-9H2,1-2H3,(H,20,21,22). The molecule has 0 bridgehead atoms. The number of benzene rings is 1. The number of hydrogen-bond acceptors (Lipinski definition) is 5. The van der Waals surface area contributed by atoms with E-state index in [0.29, 0.717) is 6.61 Å². The lowest BCUT2D eigenvalue weighted by Crippen LogP contribution is -2.10. The maximum absolute atomic E-state index is 13.2. The molecule has 0 aliphatic heterocycles. The second-order valence-electron chi connectivity index (χ2n) is 5.76. The molecule has 0 spiro atoms. The van der Waals surface area contributed by atoms with Crippen molar-refractivity contribution in [1.29, 1.82) is 0 Å². The molecular formula is C18H20FN3OS. The van der Waals surface area contributed by atoms with Crippen LogP contribution in [0, 0.1) is 5.82 Å². The van der Waals surface area contributed by atoms with Crippen molar-refractivity contribution in [3.8, 4) is 11.1 Å². The lowest BCUT2D eigenvalue weighted by molar-refractivity contribution is 0.0787. The summed E-state index contributed by atoms with van der Waals surface area (Å²) in [7, 11) is 0. The monoisotopic (exact) mass is 345 g/mol. The molecule has 126 valence electrons. The predicted octanol–water partition coefficient (Wildman–Crippen LogP) is 4.72. The van der Waals surface area contributed by atoms with Crippen LogP contribution in [0.25, 0.3) is 21.3 Å². The number of nitrogens with zero attached hydrogens (tertiary/aromatic N) is 2. The molecule has 0 unspecified atom stereocenters. The molecule has 1 aromatic carbocycles. The summed E-state index contributed by atoms with van der Waals surface area (Å²) in [5.41, 5.74) is 1.99. The Morgan fingerprint density at radius 3 is 2.75 bits per heavy atom. The van der Waals surface area contributed by atoms with Crippen molar-refractivity contribution >= 4 is 27.4 Å². The Labute approximate surface area is 144 Å². The molecule has 1 N–H and O–H groups in total. The first-order valence-electron chi connectivity index (χ1n) is 7.99. The highest BCUT2D eigenvalue weighted by Gasteiger charge is 2.13. The van der Waals surface area contributed by atoms with E-state index >= 15 is 0 Å². The first kappa shape index (κ1) is 16.8. The first-order valence-corrected chi connectivity index (χ1v) is 8.86. The van der Waals surface area contributed by atoms with E-state index in [2.05, 4.69) is 15.3 Å². The number of hydrogen-bond donors (Lipinski definition) is 1. The number of anilines is 1. The van der Waals surface area contributed by atoms with Gasteiger partial charge in [0.05, 0.1) is 11.5 Å². The topological polar surface area (TPSA) is 47.0 Å². The van der Waals surface area contributed by atoms with Gasteiger partial charge in [0.1, 0.15) is 22.8 Å². The van der Waals surface area contributed by atoms with E-state index < -0.39 is 0 Å². The van der Waals surface area contributed by atoms with Gasteiger partial charge in [0, 0.05) is 24.1 Å². The van der Waals surface area contributed by atoms with E-state index in [9.17, 15) is 4.39 Å². The highest BCUT2D eigenvalue weighted by molar-refractivity contribution is 7.17. The third-order valence-electron chi connectivity index (χ3n) is 3.59. The van der Waals surface area contributed by atoms with Gasteiger partial charge in [-0.25, -0.2) is 14.4 Å². The molecule has 2 aromatic heterocycles. The largest absolute Gasteiger partial charge is 0.379 e. The van der Waals surface area contributed by atoms with Crippen molar-refractivity contribution in [2.75, 3.05) is 18.5 Å². The van der Waals surface area contributed by atoms with Gasteiger partial charge in [0.15, 0.2) is 0 Å². The number of thiophene rings is 1. The van der Waals surface area contributed by atoms with Gasteiger partial charge in [-0.1, -0.05) is 12.1 Å². The van der Waals surface area contributed by atoms with Gasteiger partial charge in [-0.15, -0.1) is 11.3 Å². The highest BCUT2D eigenvalue weighted by atomic mass is 32.1. The van der Waals surface area contributed by atoms with Crippen molar-refractivity contribution in [3.05, 3.63) is 41.8 Å². The van der Waals surface area contributed by atoms with Crippen molar-refractivity contribution in [1.82, 2.24) is 9.97 Å². The van der Waals surface area contributed by atoms with Crippen LogP contribution in [0.3, 0.4) is 0 Å². The van der Waals surface area contributed by atoms with Crippen LogP contribution in [-0.4, -0.2) is 29.2 Å². The summed E-state index contributed by atoms with van der Waals surface area (Å²) in [6, 6.07) is 6.51. The molecule has 3 rings (SSSR count). The lowest BCUT2D eigenvalue weighted by atomic mass is 10.1. The van der Waals surface area contributed by atoms with Crippen LogP contribution in [-0.2, 0) is 4.74 Å². The van der Waals surface area contributed by atoms with Crippen LogP contribution < -0.4 is 5.32 Å². The molecule has 0 atom stereocenters. The number of aromatic nitrogens is 2. The summed E-state index contributed by atoms with van der Waals surface area (Å²) in [6.07, 6.45) is 2.72. The fraction of sp³-hybridized carbons (Fsp3) is 0.333. The van der Waals surface area contributed by atoms with Gasteiger partial charge < -0.3 is 10.1 Å². The van der Waals surface area contributed by atoms with E-state index in [1.54, 1.807) is 29.8 Å². The van der Waals surface area contributed by atoms with Crippen molar-refractivity contribution in [3.63, 3.8) is 0 Å². The Morgan fingerprint density at radius 1 is 1.21 bits per heavy atom. The smallest absolute Gasteiger partial charge is 0.138 e. The minimum atomic E-state index is -0.238. The average Bonchev–Trinajstić information content (AvgIpc) is 3.00. The second kappa shape index (κ2) is 7.68. The summed E-state index contributed by atoms with van der Waals surface area (Å²) in [5.74, 6) is 0.572. The maximum Gasteiger partial charge on any atom is 0.138 e. The van der Waals surface area contributed by atoms with Gasteiger partial charge in [-0.2, -0.15) is 0 Å². The minimum Gasteiger partial charge on any atom is -0.379 e.